The number of hydrogen-bond donors (Lipinski definition) is 0. The average Bonchev–Trinajstić information content (AvgIpc) is 3.68. The summed E-state index contributed by atoms with van der Waals surface area (Å²) >= 11 is 0. The molecule has 1 aliphatic heterocycles. The van der Waals surface area contributed by atoms with Crippen LogP contribution < -0.4 is 4.74 Å². The molecule has 1 saturated heterocycles. The topological polar surface area (TPSA) is 47.4 Å². The number of fused-ring (bicyclic) bond motifs is 1. The molecule has 5 nitrogen and oxygen atoms in total. The van der Waals surface area contributed by atoms with E-state index >= 15 is 0 Å². The molecule has 1 spiro atoms. The van der Waals surface area contributed by atoms with Gasteiger partial charge < -0.3 is 9.30 Å². The Morgan fingerprint density at radius 1 is 1.20 bits per heavy atom. The number of ether oxygens (including phenoxy) is 1. The van der Waals surface area contributed by atoms with E-state index in [9.17, 15) is 26.7 Å². The third-order valence-electron chi connectivity index (χ3n) is 9.16. The number of carbonyl (C=O) groups excluding carboxylic acids is 1. The van der Waals surface area contributed by atoms with Gasteiger partial charge in [-0.3, -0.25) is 14.7 Å². The zero-order valence-electron chi connectivity index (χ0n) is 22.5. The van der Waals surface area contributed by atoms with Gasteiger partial charge in [-0.15, -0.1) is 0 Å². The number of nitrogens with zero attached hydrogens (tertiary/aromatic N) is 3. The van der Waals surface area contributed by atoms with Gasteiger partial charge in [0.15, 0.2) is 17.3 Å². The summed E-state index contributed by atoms with van der Waals surface area (Å²) in [6.45, 7) is 0.824. The van der Waals surface area contributed by atoms with Crippen LogP contribution >= 0.6 is 0 Å². The van der Waals surface area contributed by atoms with E-state index in [2.05, 4.69) is 9.72 Å². The van der Waals surface area contributed by atoms with Crippen LogP contribution in [0.3, 0.4) is 0 Å². The molecule has 10 heteroatoms. The van der Waals surface area contributed by atoms with Crippen LogP contribution in [0.25, 0.3) is 22.3 Å². The van der Waals surface area contributed by atoms with Crippen molar-refractivity contribution in [2.45, 2.75) is 82.9 Å². The van der Waals surface area contributed by atoms with Gasteiger partial charge in [0.1, 0.15) is 0 Å². The zero-order valence-corrected chi connectivity index (χ0v) is 22.5. The van der Waals surface area contributed by atoms with Gasteiger partial charge in [0.2, 0.25) is 0 Å². The number of likely N-dealkylation sites (tertiary alicyclic amines) is 1. The van der Waals surface area contributed by atoms with Crippen LogP contribution in [0.4, 0.5) is 22.0 Å². The molecule has 3 aliphatic rings. The molecular weight excluding hydrogens is 529 g/mol. The SMILES string of the molecule is CCC(C)C(=O)c1c(-c2ccc(CCN3CC(F)(F)C34CC4)cn2)n(C2CCC2)c2cc(OC(F)F)c(F)cc12. The standard InChI is InChI=1S/C30H32F5N3O2/c1-3-17(2)27(39)25-20-13-21(31)24(40-28(32)33)14-23(20)38(19-5-4-6-19)26(25)22-8-7-18(15-36-22)9-12-37-16-30(34,35)29(37)10-11-29/h7-8,13-15,17,19,28H,3-6,9-12,16H2,1-2H3. The highest BCUT2D eigenvalue weighted by Gasteiger charge is 2.73. The van der Waals surface area contributed by atoms with E-state index in [0.717, 1.165) is 30.9 Å². The molecular formula is C30H32F5N3O2. The zero-order chi connectivity index (χ0) is 28.4. The van der Waals surface area contributed by atoms with Gasteiger partial charge in [0.25, 0.3) is 5.92 Å². The Morgan fingerprint density at radius 3 is 2.50 bits per heavy atom. The Labute approximate surface area is 229 Å². The first kappa shape index (κ1) is 27.2. The Hall–Kier alpha value is -3.01. The van der Waals surface area contributed by atoms with Crippen LogP contribution in [0.5, 0.6) is 5.75 Å². The molecule has 2 aromatic heterocycles. The van der Waals surface area contributed by atoms with E-state index < -0.39 is 29.6 Å². The van der Waals surface area contributed by atoms with Crippen molar-refractivity contribution < 1.29 is 31.5 Å². The largest absolute Gasteiger partial charge is 0.432 e. The lowest BCUT2D eigenvalue weighted by atomic mass is 9.91. The smallest absolute Gasteiger partial charge is 0.387 e. The van der Waals surface area contributed by atoms with Gasteiger partial charge in [-0.2, -0.15) is 8.78 Å². The molecule has 0 bridgehead atoms. The van der Waals surface area contributed by atoms with Gasteiger partial charge in [0.05, 0.1) is 34.6 Å². The summed E-state index contributed by atoms with van der Waals surface area (Å²) in [7, 11) is 0. The number of benzene rings is 1. The number of pyridine rings is 1. The van der Waals surface area contributed by atoms with Crippen LogP contribution in [0.2, 0.25) is 0 Å². The van der Waals surface area contributed by atoms with Crippen molar-refractivity contribution in [2.75, 3.05) is 13.1 Å². The number of Topliss-reactive ketones (excluding diaryl/α,β-unsaturated/α-hetero) is 1. The van der Waals surface area contributed by atoms with Crippen LogP contribution in [0.1, 0.15) is 74.3 Å². The normalized spacial score (nSPS) is 20.5. The molecule has 1 unspecified atom stereocenters. The summed E-state index contributed by atoms with van der Waals surface area (Å²) in [6.07, 6.45) is 6.53. The molecule has 2 aliphatic carbocycles. The Morgan fingerprint density at radius 2 is 1.95 bits per heavy atom. The first-order valence-electron chi connectivity index (χ1n) is 14.0. The Bertz CT molecular complexity index is 1440. The van der Waals surface area contributed by atoms with Crippen molar-refractivity contribution in [3.8, 4) is 17.1 Å². The molecule has 0 amide bonds. The molecule has 2 saturated carbocycles. The van der Waals surface area contributed by atoms with E-state index in [1.807, 2.05) is 29.4 Å². The van der Waals surface area contributed by atoms with E-state index in [1.165, 1.54) is 6.07 Å². The predicted octanol–water partition coefficient (Wildman–Crippen LogP) is 7.42. The average molecular weight is 562 g/mol. The lowest BCUT2D eigenvalue weighted by Crippen LogP contribution is -2.67. The molecule has 1 aromatic carbocycles. The van der Waals surface area contributed by atoms with Crippen LogP contribution in [-0.4, -0.2) is 51.4 Å². The van der Waals surface area contributed by atoms with Crippen LogP contribution in [0.15, 0.2) is 30.5 Å². The molecule has 1 atom stereocenters. The molecule has 0 radical (unpaired) electrons. The summed E-state index contributed by atoms with van der Waals surface area (Å²) in [5, 5.41) is 0.352. The highest BCUT2D eigenvalue weighted by atomic mass is 19.3. The third kappa shape index (κ3) is 4.30. The van der Waals surface area contributed by atoms with Gasteiger partial charge in [0, 0.05) is 36.2 Å². The summed E-state index contributed by atoms with van der Waals surface area (Å²) in [5.41, 5.74) is 1.79. The minimum atomic E-state index is -3.19. The van der Waals surface area contributed by atoms with Crippen molar-refractivity contribution in [1.29, 1.82) is 0 Å². The molecule has 3 fully saturated rings. The molecule has 6 rings (SSSR count). The predicted molar refractivity (Wildman–Crippen MR) is 141 cm³/mol. The maximum Gasteiger partial charge on any atom is 0.387 e. The summed E-state index contributed by atoms with van der Waals surface area (Å²) in [6, 6.07) is 6.07. The summed E-state index contributed by atoms with van der Waals surface area (Å²) < 4.78 is 75.3. The summed E-state index contributed by atoms with van der Waals surface area (Å²) in [5.74, 6) is -4.65. The fourth-order valence-corrected chi connectivity index (χ4v) is 6.20. The minimum absolute atomic E-state index is 0.00476. The van der Waals surface area contributed by atoms with E-state index in [0.29, 0.717) is 60.1 Å². The number of aromatic nitrogens is 2. The third-order valence-corrected chi connectivity index (χ3v) is 9.16. The van der Waals surface area contributed by atoms with Gasteiger partial charge in [-0.25, -0.2) is 13.2 Å². The Balaban J connectivity index is 1.40. The number of alkyl halides is 4. The van der Waals surface area contributed by atoms with Crippen molar-refractivity contribution in [1.82, 2.24) is 14.5 Å². The van der Waals surface area contributed by atoms with Crippen molar-refractivity contribution >= 4 is 16.7 Å². The minimum Gasteiger partial charge on any atom is -0.432 e. The highest BCUT2D eigenvalue weighted by molar-refractivity contribution is 6.14. The second-order valence-electron chi connectivity index (χ2n) is 11.5. The number of carbonyl (C=O) groups is 1. The lowest BCUT2D eigenvalue weighted by Gasteiger charge is -2.49. The second-order valence-corrected chi connectivity index (χ2v) is 11.5. The second kappa shape index (κ2) is 9.82. The number of hydrogen-bond acceptors (Lipinski definition) is 4. The fourth-order valence-electron chi connectivity index (χ4n) is 6.20. The number of rotatable bonds is 10. The molecule has 40 heavy (non-hydrogen) atoms. The van der Waals surface area contributed by atoms with Gasteiger partial charge >= 0.3 is 6.61 Å². The molecule has 0 N–H and O–H groups in total. The van der Waals surface area contributed by atoms with E-state index in [1.54, 1.807) is 12.3 Å². The lowest BCUT2D eigenvalue weighted by molar-refractivity contribution is -0.199. The monoisotopic (exact) mass is 561 g/mol. The number of halogens is 5. The van der Waals surface area contributed by atoms with Crippen molar-refractivity contribution in [3.05, 3.63) is 47.4 Å². The Kier molecular flexibility index (Phi) is 6.67. The van der Waals surface area contributed by atoms with Crippen LogP contribution in [-0.2, 0) is 6.42 Å². The van der Waals surface area contributed by atoms with E-state index in [-0.39, 0.29) is 24.3 Å². The van der Waals surface area contributed by atoms with Crippen LogP contribution in [0, 0.1) is 11.7 Å². The maximum atomic E-state index is 14.9. The quantitative estimate of drug-likeness (QED) is 0.191. The van der Waals surface area contributed by atoms with E-state index in [4.69, 9.17) is 0 Å². The molecule has 3 heterocycles. The first-order chi connectivity index (χ1) is 19.1. The molecule has 214 valence electrons. The van der Waals surface area contributed by atoms with Crippen molar-refractivity contribution in [2.24, 2.45) is 5.92 Å². The maximum absolute atomic E-state index is 14.9. The fraction of sp³-hybridized carbons (Fsp3) is 0.533. The summed E-state index contributed by atoms with van der Waals surface area (Å²) in [4.78, 5) is 20.3. The van der Waals surface area contributed by atoms with Gasteiger partial charge in [-0.1, -0.05) is 19.9 Å². The van der Waals surface area contributed by atoms with Crippen molar-refractivity contribution in [3.63, 3.8) is 0 Å². The highest BCUT2D eigenvalue weighted by Crippen LogP contribution is 2.60. The number of ketones is 1. The molecule has 3 aromatic rings. The first-order valence-corrected chi connectivity index (χ1v) is 14.0. The van der Waals surface area contributed by atoms with Gasteiger partial charge in [-0.05, 0) is 62.6 Å².